The topological polar surface area (TPSA) is 35.6 Å². The van der Waals surface area contributed by atoms with Gasteiger partial charge in [0.05, 0.1) is 11.7 Å². The van der Waals surface area contributed by atoms with Gasteiger partial charge in [-0.2, -0.15) is 0 Å². The molecule has 3 aromatic carbocycles. The molecular weight excluding hydrogens is 449 g/mol. The molecule has 3 fully saturated rings. The molecule has 5 atom stereocenters. The van der Waals surface area contributed by atoms with E-state index in [1.165, 1.54) is 42.1 Å². The molecule has 2 aliphatic heterocycles. The molecule has 3 aromatic rings. The van der Waals surface area contributed by atoms with Gasteiger partial charge in [0.1, 0.15) is 5.82 Å². The number of nitrogens with one attached hydrogen (secondary N) is 1. The number of fused-ring (bicyclic) bond motifs is 7. The van der Waals surface area contributed by atoms with Gasteiger partial charge >= 0.3 is 0 Å². The van der Waals surface area contributed by atoms with Crippen molar-refractivity contribution in [3.05, 3.63) is 95.3 Å². The second-order valence-electron chi connectivity index (χ2n) is 11.0. The zero-order valence-corrected chi connectivity index (χ0v) is 20.4. The van der Waals surface area contributed by atoms with E-state index in [0.29, 0.717) is 49.7 Å². The summed E-state index contributed by atoms with van der Waals surface area (Å²) < 4.78 is 14.2. The minimum absolute atomic E-state index is 0.0934. The smallest absolute Gasteiger partial charge is 0.253 e. The van der Waals surface area contributed by atoms with Gasteiger partial charge in [-0.15, -0.1) is 0 Å². The number of halogens is 1. The lowest BCUT2D eigenvalue weighted by molar-refractivity contribution is 0.0746. The Hall–Kier alpha value is -3.34. The third-order valence-corrected chi connectivity index (χ3v) is 9.25. The maximum Gasteiger partial charge on any atom is 0.253 e. The molecule has 5 heteroatoms. The van der Waals surface area contributed by atoms with Crippen molar-refractivity contribution in [1.82, 2.24) is 4.90 Å². The number of carbonyl (C=O) groups is 1. The van der Waals surface area contributed by atoms with Gasteiger partial charge in [-0.1, -0.05) is 42.5 Å². The number of hydrogen-bond donors (Lipinski definition) is 1. The third-order valence-electron chi connectivity index (χ3n) is 9.25. The molecule has 0 aromatic heterocycles. The maximum absolute atomic E-state index is 14.2. The predicted molar refractivity (Wildman–Crippen MR) is 141 cm³/mol. The van der Waals surface area contributed by atoms with Crippen molar-refractivity contribution >= 4 is 17.3 Å². The highest BCUT2D eigenvalue weighted by Crippen LogP contribution is 2.63. The Morgan fingerprint density at radius 2 is 1.61 bits per heavy atom. The van der Waals surface area contributed by atoms with Gasteiger partial charge in [0.25, 0.3) is 5.91 Å². The first-order chi connectivity index (χ1) is 17.7. The maximum atomic E-state index is 14.2. The van der Waals surface area contributed by atoms with Gasteiger partial charge in [-0.25, -0.2) is 4.39 Å². The molecule has 2 heterocycles. The van der Waals surface area contributed by atoms with Crippen LogP contribution in [0.4, 0.5) is 15.8 Å². The Labute approximate surface area is 212 Å². The summed E-state index contributed by atoms with van der Waals surface area (Å²) in [6.07, 6.45) is 3.95. The number of para-hydroxylation sites is 1. The molecule has 0 radical (unpaired) electrons. The number of anilines is 2. The monoisotopic (exact) mass is 481 g/mol. The summed E-state index contributed by atoms with van der Waals surface area (Å²) in [6.45, 7) is 2.50. The summed E-state index contributed by atoms with van der Waals surface area (Å²) in [5, 5.41) is 3.88. The Morgan fingerprint density at radius 3 is 2.42 bits per heavy atom. The van der Waals surface area contributed by atoms with Crippen LogP contribution < -0.4 is 10.2 Å². The summed E-state index contributed by atoms with van der Waals surface area (Å²) in [5.74, 6) is 2.49. The summed E-state index contributed by atoms with van der Waals surface area (Å²) in [6, 6.07) is 24.4. The largest absolute Gasteiger partial charge is 0.378 e. The number of benzene rings is 3. The lowest BCUT2D eigenvalue weighted by Gasteiger charge is -2.44. The first kappa shape index (κ1) is 21.9. The molecule has 184 valence electrons. The molecule has 0 unspecified atom stereocenters. The molecule has 2 bridgehead atoms. The number of amides is 1. The first-order valence-electron chi connectivity index (χ1n) is 13.4. The van der Waals surface area contributed by atoms with Crippen LogP contribution in [0.25, 0.3) is 0 Å². The van der Waals surface area contributed by atoms with E-state index in [1.54, 1.807) is 6.07 Å². The van der Waals surface area contributed by atoms with Crippen LogP contribution in [-0.2, 0) is 0 Å². The van der Waals surface area contributed by atoms with Crippen molar-refractivity contribution in [2.24, 2.45) is 17.8 Å². The van der Waals surface area contributed by atoms with Crippen molar-refractivity contribution in [3.8, 4) is 0 Å². The van der Waals surface area contributed by atoms with Crippen LogP contribution in [0.3, 0.4) is 0 Å². The molecule has 2 aliphatic carbocycles. The van der Waals surface area contributed by atoms with Crippen LogP contribution in [-0.4, -0.2) is 37.0 Å². The fraction of sp³-hybridized carbons (Fsp3) is 0.387. The Bertz CT molecular complexity index is 1290. The van der Waals surface area contributed by atoms with Crippen molar-refractivity contribution in [2.45, 2.75) is 31.2 Å². The first-order valence-corrected chi connectivity index (χ1v) is 13.4. The van der Waals surface area contributed by atoms with Crippen LogP contribution in [0.5, 0.6) is 0 Å². The van der Waals surface area contributed by atoms with Crippen LogP contribution in [0.1, 0.15) is 52.7 Å². The summed E-state index contributed by atoms with van der Waals surface area (Å²) in [5.41, 5.74) is 5.32. The lowest BCUT2D eigenvalue weighted by atomic mass is 9.68. The SMILES string of the molecule is O=C(c1ccc2c(c1)[C@H]1[C@H]3CC[C@H](C3)[C@H]1[C@H](c1ccccc1)N2)N1CCN(c2ccccc2F)CC1. The van der Waals surface area contributed by atoms with E-state index in [-0.39, 0.29) is 11.7 Å². The zero-order valence-electron chi connectivity index (χ0n) is 20.4. The molecule has 4 aliphatic rings. The van der Waals surface area contributed by atoms with Crippen LogP contribution in [0, 0.1) is 23.6 Å². The van der Waals surface area contributed by atoms with Gasteiger partial charge in [-0.05, 0) is 84.4 Å². The summed E-state index contributed by atoms with van der Waals surface area (Å²) in [7, 11) is 0. The fourth-order valence-corrected chi connectivity index (χ4v) is 7.65. The van der Waals surface area contributed by atoms with E-state index in [1.807, 2.05) is 28.0 Å². The number of carbonyl (C=O) groups excluding carboxylic acids is 1. The molecular formula is C31H32FN3O. The third kappa shape index (κ3) is 3.51. The zero-order chi connectivity index (χ0) is 24.2. The average Bonchev–Trinajstić information content (AvgIpc) is 3.56. The van der Waals surface area contributed by atoms with E-state index in [0.717, 1.165) is 17.4 Å². The van der Waals surface area contributed by atoms with E-state index >= 15 is 0 Å². The quantitative estimate of drug-likeness (QED) is 0.492. The van der Waals surface area contributed by atoms with Crippen LogP contribution in [0.15, 0.2) is 72.8 Å². The number of piperazine rings is 1. The van der Waals surface area contributed by atoms with E-state index in [4.69, 9.17) is 0 Å². The summed E-state index contributed by atoms with van der Waals surface area (Å²) in [4.78, 5) is 17.5. The standard InChI is InChI=1S/C31H32FN3O/c32-25-8-4-5-9-27(25)34-14-16-35(17-15-34)31(36)23-12-13-26-24(19-23)28-21-10-11-22(18-21)29(28)30(33-26)20-6-2-1-3-7-20/h1-9,12-13,19,21-22,28-30,33H,10-11,14-18H2/t21-,22+,28+,29+,30-/m0/s1. The van der Waals surface area contributed by atoms with Gasteiger partial charge in [0.15, 0.2) is 0 Å². The number of rotatable bonds is 3. The highest BCUT2D eigenvalue weighted by molar-refractivity contribution is 5.95. The molecule has 0 spiro atoms. The highest BCUT2D eigenvalue weighted by Gasteiger charge is 2.53. The van der Waals surface area contributed by atoms with Crippen molar-refractivity contribution in [2.75, 3.05) is 36.4 Å². The minimum Gasteiger partial charge on any atom is -0.378 e. The second-order valence-corrected chi connectivity index (χ2v) is 11.0. The molecule has 1 amide bonds. The van der Waals surface area contributed by atoms with E-state index in [9.17, 15) is 9.18 Å². The fourth-order valence-electron chi connectivity index (χ4n) is 7.65. The normalized spacial score (nSPS) is 28.4. The van der Waals surface area contributed by atoms with Gasteiger partial charge in [0.2, 0.25) is 0 Å². The van der Waals surface area contributed by atoms with Crippen LogP contribution >= 0.6 is 0 Å². The molecule has 2 saturated carbocycles. The second kappa shape index (κ2) is 8.65. The Balaban J connectivity index is 1.14. The van der Waals surface area contributed by atoms with Crippen LogP contribution in [0.2, 0.25) is 0 Å². The lowest BCUT2D eigenvalue weighted by Crippen LogP contribution is -2.49. The Kier molecular flexibility index (Phi) is 5.26. The summed E-state index contributed by atoms with van der Waals surface area (Å²) >= 11 is 0. The van der Waals surface area contributed by atoms with Crippen molar-refractivity contribution in [3.63, 3.8) is 0 Å². The molecule has 1 N–H and O–H groups in total. The minimum atomic E-state index is -0.200. The number of nitrogens with zero attached hydrogens (tertiary/aromatic N) is 2. The molecule has 36 heavy (non-hydrogen) atoms. The Morgan fingerprint density at radius 1 is 0.861 bits per heavy atom. The van der Waals surface area contributed by atoms with Crippen molar-refractivity contribution in [1.29, 1.82) is 0 Å². The molecule has 7 rings (SSSR count). The van der Waals surface area contributed by atoms with E-state index in [2.05, 4.69) is 47.8 Å². The van der Waals surface area contributed by atoms with Crippen molar-refractivity contribution < 1.29 is 9.18 Å². The molecule has 4 nitrogen and oxygen atoms in total. The van der Waals surface area contributed by atoms with Gasteiger partial charge < -0.3 is 15.1 Å². The van der Waals surface area contributed by atoms with Gasteiger partial charge in [0, 0.05) is 37.4 Å². The van der Waals surface area contributed by atoms with E-state index < -0.39 is 0 Å². The predicted octanol–water partition coefficient (Wildman–Crippen LogP) is 6.08. The number of hydrogen-bond acceptors (Lipinski definition) is 3. The average molecular weight is 482 g/mol. The highest BCUT2D eigenvalue weighted by atomic mass is 19.1. The van der Waals surface area contributed by atoms with Gasteiger partial charge in [-0.3, -0.25) is 4.79 Å². The molecule has 1 saturated heterocycles.